The Bertz CT molecular complexity index is 1270. The van der Waals surface area contributed by atoms with Crippen molar-refractivity contribution >= 4 is 42.6 Å². The number of amides is 1. The van der Waals surface area contributed by atoms with Gasteiger partial charge in [0, 0.05) is 28.0 Å². The van der Waals surface area contributed by atoms with Crippen molar-refractivity contribution in [3.05, 3.63) is 69.4 Å². The van der Waals surface area contributed by atoms with Gasteiger partial charge in [0.2, 0.25) is 0 Å². The van der Waals surface area contributed by atoms with Crippen molar-refractivity contribution in [3.8, 4) is 0 Å². The highest BCUT2D eigenvalue weighted by Gasteiger charge is 2.36. The van der Waals surface area contributed by atoms with Gasteiger partial charge in [-0.25, -0.2) is 8.42 Å². The van der Waals surface area contributed by atoms with E-state index in [-0.39, 0.29) is 34.6 Å². The number of furan rings is 1. The van der Waals surface area contributed by atoms with Crippen LogP contribution in [0.15, 0.2) is 51.4 Å². The van der Waals surface area contributed by atoms with Gasteiger partial charge in [0.05, 0.1) is 11.5 Å². The summed E-state index contributed by atoms with van der Waals surface area (Å²) < 4.78 is 31.2. The number of fused-ring (bicyclic) bond motifs is 1. The van der Waals surface area contributed by atoms with Crippen LogP contribution in [0.2, 0.25) is 0 Å². The van der Waals surface area contributed by atoms with E-state index in [9.17, 15) is 13.2 Å². The second-order valence-electron chi connectivity index (χ2n) is 9.63. The summed E-state index contributed by atoms with van der Waals surface area (Å²) in [4.78, 5) is 15.4. The average molecular weight is 518 g/mol. The molecular formula is C25H28BrNO4S. The fourth-order valence-electron chi connectivity index (χ4n) is 4.22. The van der Waals surface area contributed by atoms with Crippen LogP contribution in [0.3, 0.4) is 0 Å². The number of rotatable bonds is 4. The zero-order valence-electron chi connectivity index (χ0n) is 18.8. The number of sulfone groups is 1. The van der Waals surface area contributed by atoms with Gasteiger partial charge in [0.25, 0.3) is 5.91 Å². The molecule has 0 aliphatic carbocycles. The van der Waals surface area contributed by atoms with Gasteiger partial charge in [0.15, 0.2) is 15.6 Å². The predicted octanol–water partition coefficient (Wildman–Crippen LogP) is 5.63. The van der Waals surface area contributed by atoms with E-state index in [0.29, 0.717) is 18.5 Å². The van der Waals surface area contributed by atoms with E-state index in [0.717, 1.165) is 21.0 Å². The Balaban J connectivity index is 1.70. The SMILES string of the molecule is Cc1c(C(=O)N(Cc2ccc(C(C)(C)C)cc2)C2CCS(=O)(=O)C2)oc2ccc(Br)cc12. The molecule has 170 valence electrons. The van der Waals surface area contributed by atoms with Gasteiger partial charge >= 0.3 is 0 Å². The lowest BCUT2D eigenvalue weighted by atomic mass is 9.86. The van der Waals surface area contributed by atoms with Gasteiger partial charge in [-0.3, -0.25) is 4.79 Å². The number of benzene rings is 2. The van der Waals surface area contributed by atoms with Crippen molar-refractivity contribution in [1.82, 2.24) is 4.90 Å². The van der Waals surface area contributed by atoms with E-state index in [2.05, 4.69) is 48.8 Å². The van der Waals surface area contributed by atoms with E-state index >= 15 is 0 Å². The number of nitrogens with zero attached hydrogens (tertiary/aromatic N) is 1. The van der Waals surface area contributed by atoms with E-state index < -0.39 is 9.84 Å². The molecule has 32 heavy (non-hydrogen) atoms. The second-order valence-corrected chi connectivity index (χ2v) is 12.8. The van der Waals surface area contributed by atoms with E-state index in [1.54, 1.807) is 4.90 Å². The molecule has 1 atom stereocenters. The Morgan fingerprint density at radius 3 is 2.44 bits per heavy atom. The number of aryl methyl sites for hydroxylation is 1. The lowest BCUT2D eigenvalue weighted by molar-refractivity contribution is 0.0649. The number of hydrogen-bond acceptors (Lipinski definition) is 4. The molecule has 1 aromatic heterocycles. The van der Waals surface area contributed by atoms with Crippen LogP contribution in [-0.4, -0.2) is 36.8 Å². The zero-order valence-corrected chi connectivity index (χ0v) is 21.2. The monoisotopic (exact) mass is 517 g/mol. The highest BCUT2D eigenvalue weighted by atomic mass is 79.9. The smallest absolute Gasteiger partial charge is 0.290 e. The summed E-state index contributed by atoms with van der Waals surface area (Å²) in [7, 11) is -3.15. The Morgan fingerprint density at radius 2 is 1.84 bits per heavy atom. The highest BCUT2D eigenvalue weighted by molar-refractivity contribution is 9.10. The maximum Gasteiger partial charge on any atom is 0.290 e. The van der Waals surface area contributed by atoms with Crippen LogP contribution in [0.4, 0.5) is 0 Å². The standard InChI is InChI=1S/C25H28BrNO4S/c1-16-21-13-19(26)9-10-22(21)31-23(16)24(28)27(20-11-12-32(29,30)15-20)14-17-5-7-18(8-6-17)25(2,3)4/h5-10,13,20H,11-12,14-15H2,1-4H3. The summed E-state index contributed by atoms with van der Waals surface area (Å²) in [5.74, 6) is 0.102. The van der Waals surface area contributed by atoms with E-state index in [1.165, 1.54) is 5.56 Å². The minimum Gasteiger partial charge on any atom is -0.451 e. The molecule has 1 unspecified atom stereocenters. The fourth-order valence-corrected chi connectivity index (χ4v) is 6.31. The third-order valence-corrected chi connectivity index (χ3v) is 8.42. The summed E-state index contributed by atoms with van der Waals surface area (Å²) in [6.45, 7) is 8.68. The molecule has 0 bridgehead atoms. The first-order chi connectivity index (χ1) is 14.9. The summed E-state index contributed by atoms with van der Waals surface area (Å²) in [5.41, 5.74) is 3.61. The molecule has 0 saturated carbocycles. The zero-order chi connectivity index (χ0) is 23.3. The molecule has 2 aromatic carbocycles. The van der Waals surface area contributed by atoms with Crippen LogP contribution < -0.4 is 0 Å². The third kappa shape index (κ3) is 4.64. The molecule has 1 amide bonds. The van der Waals surface area contributed by atoms with E-state index in [1.807, 2.05) is 37.3 Å². The van der Waals surface area contributed by atoms with Crippen LogP contribution in [0.5, 0.6) is 0 Å². The molecule has 1 saturated heterocycles. The molecule has 5 nitrogen and oxygen atoms in total. The van der Waals surface area contributed by atoms with Crippen molar-refractivity contribution in [2.24, 2.45) is 0 Å². The number of halogens is 1. The fraction of sp³-hybridized carbons (Fsp3) is 0.400. The molecule has 1 fully saturated rings. The molecule has 0 radical (unpaired) electrons. The van der Waals surface area contributed by atoms with Crippen molar-refractivity contribution in [2.45, 2.75) is 52.1 Å². The lowest BCUT2D eigenvalue weighted by Crippen LogP contribution is -2.40. The molecule has 0 spiro atoms. The van der Waals surface area contributed by atoms with Crippen LogP contribution in [0, 0.1) is 6.92 Å². The Labute approximate surface area is 197 Å². The largest absolute Gasteiger partial charge is 0.451 e. The first kappa shape index (κ1) is 23.1. The van der Waals surface area contributed by atoms with Crippen LogP contribution in [-0.2, 0) is 21.8 Å². The first-order valence-electron chi connectivity index (χ1n) is 10.7. The van der Waals surface area contributed by atoms with Gasteiger partial charge in [-0.15, -0.1) is 0 Å². The minimum atomic E-state index is -3.15. The van der Waals surface area contributed by atoms with Crippen molar-refractivity contribution in [3.63, 3.8) is 0 Å². The molecular weight excluding hydrogens is 490 g/mol. The van der Waals surface area contributed by atoms with E-state index in [4.69, 9.17) is 4.42 Å². The Kier molecular flexibility index (Phi) is 6.01. The number of hydrogen-bond donors (Lipinski definition) is 0. The van der Waals surface area contributed by atoms with Gasteiger partial charge in [-0.2, -0.15) is 0 Å². The van der Waals surface area contributed by atoms with Gasteiger partial charge in [0.1, 0.15) is 5.58 Å². The van der Waals surface area contributed by atoms with Gasteiger partial charge in [-0.1, -0.05) is 61.0 Å². The second kappa shape index (κ2) is 8.34. The van der Waals surface area contributed by atoms with Crippen molar-refractivity contribution in [2.75, 3.05) is 11.5 Å². The van der Waals surface area contributed by atoms with Crippen molar-refractivity contribution < 1.29 is 17.6 Å². The Hall–Kier alpha value is -2.12. The Morgan fingerprint density at radius 1 is 1.16 bits per heavy atom. The average Bonchev–Trinajstić information content (AvgIpc) is 3.24. The lowest BCUT2D eigenvalue weighted by Gasteiger charge is -2.28. The highest BCUT2D eigenvalue weighted by Crippen LogP contribution is 2.31. The van der Waals surface area contributed by atoms with Gasteiger partial charge < -0.3 is 9.32 Å². The molecule has 4 rings (SSSR count). The topological polar surface area (TPSA) is 67.6 Å². The molecule has 7 heteroatoms. The summed E-state index contributed by atoms with van der Waals surface area (Å²) >= 11 is 3.47. The summed E-state index contributed by atoms with van der Waals surface area (Å²) in [6, 6.07) is 13.5. The summed E-state index contributed by atoms with van der Waals surface area (Å²) in [6.07, 6.45) is 0.443. The van der Waals surface area contributed by atoms with Crippen LogP contribution in [0.1, 0.15) is 54.4 Å². The van der Waals surface area contributed by atoms with Gasteiger partial charge in [-0.05, 0) is 48.1 Å². The summed E-state index contributed by atoms with van der Waals surface area (Å²) in [5, 5.41) is 0.872. The molecule has 1 aliphatic heterocycles. The first-order valence-corrected chi connectivity index (χ1v) is 13.4. The molecule has 0 N–H and O–H groups in total. The molecule has 1 aliphatic rings. The molecule has 2 heterocycles. The maximum absolute atomic E-state index is 13.7. The minimum absolute atomic E-state index is 0.0103. The van der Waals surface area contributed by atoms with Crippen LogP contribution in [0.25, 0.3) is 11.0 Å². The molecule has 3 aromatic rings. The van der Waals surface area contributed by atoms with Crippen molar-refractivity contribution in [1.29, 1.82) is 0 Å². The predicted molar refractivity (Wildman–Crippen MR) is 131 cm³/mol. The number of carbonyl (C=O) groups excluding carboxylic acids is 1. The maximum atomic E-state index is 13.7. The van der Waals surface area contributed by atoms with Crippen LogP contribution >= 0.6 is 15.9 Å². The quantitative estimate of drug-likeness (QED) is 0.449. The third-order valence-electron chi connectivity index (χ3n) is 6.18. The normalized spacial score (nSPS) is 18.2. The number of carbonyl (C=O) groups is 1.